The largest absolute Gasteiger partial charge is 0.383 e. The minimum atomic E-state index is -0.533. The number of aliphatic hydroxyl groups is 1. The Kier molecular flexibility index (Phi) is 4.19. The maximum absolute atomic E-state index is 10.5. The maximum Gasteiger partial charge on any atom is 0.113 e. The molecule has 1 N–H and O–H groups in total. The molecule has 102 valence electrons. The molecular weight excluding hydrogens is 320 g/mol. The lowest BCUT2D eigenvalue weighted by atomic mass is 9.95. The second-order valence-corrected chi connectivity index (χ2v) is 7.89. The smallest absolute Gasteiger partial charge is 0.113 e. The normalized spacial score (nSPS) is 13.6. The van der Waals surface area contributed by atoms with Crippen LogP contribution in [0.4, 0.5) is 0 Å². The number of aliphatic hydroxyl groups excluding tert-OH is 1. The molecule has 0 spiro atoms. The Balaban J connectivity index is 2.34. The van der Waals surface area contributed by atoms with Crippen molar-refractivity contribution in [1.82, 2.24) is 0 Å². The number of benzene rings is 1. The van der Waals surface area contributed by atoms with E-state index in [0.717, 1.165) is 20.5 Å². The van der Waals surface area contributed by atoms with Crippen LogP contribution in [0, 0.1) is 6.92 Å². The van der Waals surface area contributed by atoms with Crippen molar-refractivity contribution in [2.24, 2.45) is 0 Å². The van der Waals surface area contributed by atoms with Crippen LogP contribution in [0.5, 0.6) is 0 Å². The van der Waals surface area contributed by atoms with Gasteiger partial charge in [0.2, 0.25) is 0 Å². The van der Waals surface area contributed by atoms with Gasteiger partial charge in [0.05, 0.1) is 0 Å². The molecule has 1 nitrogen and oxygen atoms in total. The molecule has 1 aromatic carbocycles. The van der Waals surface area contributed by atoms with Crippen molar-refractivity contribution in [1.29, 1.82) is 0 Å². The molecule has 0 saturated heterocycles. The highest BCUT2D eigenvalue weighted by molar-refractivity contribution is 9.10. The molecule has 2 rings (SSSR count). The van der Waals surface area contributed by atoms with E-state index in [2.05, 4.69) is 42.8 Å². The summed E-state index contributed by atoms with van der Waals surface area (Å²) in [7, 11) is 0. The van der Waals surface area contributed by atoms with Crippen LogP contribution in [-0.4, -0.2) is 5.11 Å². The summed E-state index contributed by atoms with van der Waals surface area (Å²) in [5.41, 5.74) is 2.22. The van der Waals surface area contributed by atoms with Crippen molar-refractivity contribution in [2.75, 3.05) is 0 Å². The summed E-state index contributed by atoms with van der Waals surface area (Å²) < 4.78 is 1.04. The van der Waals surface area contributed by atoms with Gasteiger partial charge in [-0.05, 0) is 47.7 Å². The van der Waals surface area contributed by atoms with Gasteiger partial charge >= 0.3 is 0 Å². The number of aryl methyl sites for hydroxylation is 1. The highest BCUT2D eigenvalue weighted by Gasteiger charge is 2.20. The van der Waals surface area contributed by atoms with Gasteiger partial charge in [0.15, 0.2) is 0 Å². The predicted octanol–water partition coefficient (Wildman–Crippen LogP) is 5.20. The number of hydrogen-bond donors (Lipinski definition) is 1. The molecule has 3 heteroatoms. The Bertz CT molecular complexity index is 581. The third kappa shape index (κ3) is 3.28. The Morgan fingerprint density at radius 3 is 2.37 bits per heavy atom. The zero-order chi connectivity index (χ0) is 14.2. The average Bonchev–Trinajstić information content (AvgIpc) is 2.76. The number of hydrogen-bond acceptors (Lipinski definition) is 2. The molecule has 2 aromatic rings. The molecule has 0 saturated carbocycles. The van der Waals surface area contributed by atoms with Crippen LogP contribution in [0.3, 0.4) is 0 Å². The summed E-state index contributed by atoms with van der Waals surface area (Å²) >= 11 is 5.15. The third-order valence-corrected chi connectivity index (χ3v) is 5.22. The molecule has 0 fully saturated rings. The highest BCUT2D eigenvalue weighted by atomic mass is 79.9. The number of thiophene rings is 1. The van der Waals surface area contributed by atoms with Crippen LogP contribution in [0.15, 0.2) is 34.8 Å². The first-order valence-electron chi connectivity index (χ1n) is 6.33. The average molecular weight is 339 g/mol. The minimum Gasteiger partial charge on any atom is -0.383 e. The van der Waals surface area contributed by atoms with Crippen LogP contribution >= 0.6 is 27.3 Å². The van der Waals surface area contributed by atoms with Crippen LogP contribution < -0.4 is 0 Å². The lowest BCUT2D eigenvalue weighted by molar-refractivity contribution is 0.223. The first-order chi connectivity index (χ1) is 8.79. The molecule has 1 atom stereocenters. The fourth-order valence-corrected chi connectivity index (χ4v) is 3.55. The molecule has 0 bridgehead atoms. The van der Waals surface area contributed by atoms with Gasteiger partial charge in [-0.1, -0.05) is 42.8 Å². The Morgan fingerprint density at radius 1 is 1.16 bits per heavy atom. The molecular formula is C16H19BrOS. The van der Waals surface area contributed by atoms with Crippen molar-refractivity contribution >= 4 is 27.3 Å². The fraction of sp³-hybridized carbons (Fsp3) is 0.375. The van der Waals surface area contributed by atoms with Crippen LogP contribution in [0.2, 0.25) is 0 Å². The van der Waals surface area contributed by atoms with E-state index in [0.29, 0.717) is 0 Å². The Labute approximate surface area is 127 Å². The van der Waals surface area contributed by atoms with Gasteiger partial charge in [0.1, 0.15) is 6.10 Å². The molecule has 0 radical (unpaired) electrons. The molecule has 1 heterocycles. The van der Waals surface area contributed by atoms with Gasteiger partial charge < -0.3 is 5.11 Å². The van der Waals surface area contributed by atoms with Crippen molar-refractivity contribution < 1.29 is 5.11 Å². The van der Waals surface area contributed by atoms with Gasteiger partial charge in [0, 0.05) is 14.2 Å². The zero-order valence-corrected chi connectivity index (χ0v) is 14.1. The second kappa shape index (κ2) is 5.39. The van der Waals surface area contributed by atoms with E-state index in [4.69, 9.17) is 0 Å². The summed E-state index contributed by atoms with van der Waals surface area (Å²) in [6.07, 6.45) is -0.533. The van der Waals surface area contributed by atoms with Crippen molar-refractivity contribution in [3.05, 3.63) is 55.7 Å². The van der Waals surface area contributed by atoms with Crippen LogP contribution in [-0.2, 0) is 5.41 Å². The maximum atomic E-state index is 10.5. The summed E-state index contributed by atoms with van der Waals surface area (Å²) in [4.78, 5) is 2.31. The van der Waals surface area contributed by atoms with E-state index < -0.39 is 6.10 Å². The third-order valence-electron chi connectivity index (χ3n) is 3.16. The molecule has 19 heavy (non-hydrogen) atoms. The molecule has 1 aromatic heterocycles. The quantitative estimate of drug-likeness (QED) is 0.797. The lowest BCUT2D eigenvalue weighted by Crippen LogP contribution is -2.07. The van der Waals surface area contributed by atoms with E-state index >= 15 is 0 Å². The summed E-state index contributed by atoms with van der Waals surface area (Å²) in [5.74, 6) is 0. The molecule has 1 unspecified atom stereocenters. The lowest BCUT2D eigenvalue weighted by Gasteiger charge is -2.16. The van der Waals surface area contributed by atoms with Gasteiger partial charge in [0.25, 0.3) is 0 Å². The van der Waals surface area contributed by atoms with Crippen molar-refractivity contribution in [2.45, 2.75) is 39.2 Å². The Morgan fingerprint density at radius 2 is 1.84 bits per heavy atom. The van der Waals surface area contributed by atoms with Crippen molar-refractivity contribution in [3.8, 4) is 0 Å². The fourth-order valence-electron chi connectivity index (χ4n) is 2.00. The van der Waals surface area contributed by atoms with Crippen molar-refractivity contribution in [3.63, 3.8) is 0 Å². The van der Waals surface area contributed by atoms with Gasteiger partial charge in [-0.3, -0.25) is 0 Å². The second-order valence-electron chi connectivity index (χ2n) is 5.86. The Hall–Kier alpha value is -0.640. The predicted molar refractivity (Wildman–Crippen MR) is 86.0 cm³/mol. The van der Waals surface area contributed by atoms with E-state index in [1.165, 1.54) is 4.88 Å². The van der Waals surface area contributed by atoms with Gasteiger partial charge in [-0.25, -0.2) is 0 Å². The number of rotatable bonds is 2. The topological polar surface area (TPSA) is 20.2 Å². The summed E-state index contributed by atoms with van der Waals surface area (Å²) in [6, 6.07) is 10.2. The monoisotopic (exact) mass is 338 g/mol. The standard InChI is InChI=1S/C16H19BrOS/c1-10-9-11(17)5-6-12(10)15(18)13-7-8-14(19-13)16(2,3)4/h5-9,15,18H,1-4H3. The molecule has 0 amide bonds. The van der Waals surface area contributed by atoms with E-state index in [1.807, 2.05) is 31.2 Å². The highest BCUT2D eigenvalue weighted by Crippen LogP contribution is 2.35. The van der Waals surface area contributed by atoms with E-state index in [9.17, 15) is 5.11 Å². The first kappa shape index (κ1) is 14.8. The number of halogens is 1. The molecule has 0 aliphatic carbocycles. The minimum absolute atomic E-state index is 0.136. The zero-order valence-electron chi connectivity index (χ0n) is 11.7. The van der Waals surface area contributed by atoms with Gasteiger partial charge in [-0.15, -0.1) is 11.3 Å². The van der Waals surface area contributed by atoms with Crippen LogP contribution in [0.25, 0.3) is 0 Å². The van der Waals surface area contributed by atoms with E-state index in [-0.39, 0.29) is 5.41 Å². The summed E-state index contributed by atoms with van der Waals surface area (Å²) in [6.45, 7) is 8.61. The first-order valence-corrected chi connectivity index (χ1v) is 7.94. The summed E-state index contributed by atoms with van der Waals surface area (Å²) in [5, 5.41) is 10.5. The SMILES string of the molecule is Cc1cc(Br)ccc1C(O)c1ccc(C(C)(C)C)s1. The van der Waals surface area contributed by atoms with E-state index in [1.54, 1.807) is 11.3 Å². The molecule has 0 aliphatic heterocycles. The van der Waals surface area contributed by atoms with Crippen LogP contribution in [0.1, 0.15) is 47.8 Å². The molecule has 0 aliphatic rings. The van der Waals surface area contributed by atoms with Gasteiger partial charge in [-0.2, -0.15) is 0 Å².